The number of rotatable bonds is 5. The highest BCUT2D eigenvalue weighted by Crippen LogP contribution is 2.21. The molecule has 0 bridgehead atoms. The van der Waals surface area contributed by atoms with Crippen molar-refractivity contribution in [1.82, 2.24) is 9.55 Å². The van der Waals surface area contributed by atoms with E-state index in [9.17, 15) is 14.7 Å². The van der Waals surface area contributed by atoms with Crippen molar-refractivity contribution < 1.29 is 14.6 Å². The summed E-state index contributed by atoms with van der Waals surface area (Å²) in [5, 5.41) is 9.30. The second-order valence-corrected chi connectivity index (χ2v) is 6.79. The number of aliphatic hydroxyl groups is 1. The van der Waals surface area contributed by atoms with Gasteiger partial charge in [-0.25, -0.2) is 9.78 Å². The van der Waals surface area contributed by atoms with Crippen LogP contribution in [0.1, 0.15) is 34.0 Å². The third kappa shape index (κ3) is 5.65. The molecule has 0 aliphatic carbocycles. The maximum Gasteiger partial charge on any atom is 0.347 e. The largest absolute Gasteiger partial charge is 0.465 e. The first kappa shape index (κ1) is 23.8. The number of hydrogen-bond acceptors (Lipinski definition) is 6. The number of esters is 1. The van der Waals surface area contributed by atoms with Crippen LogP contribution in [0.25, 0.3) is 5.69 Å². The van der Waals surface area contributed by atoms with Gasteiger partial charge in [0.2, 0.25) is 0 Å². The zero-order valence-electron chi connectivity index (χ0n) is 17.9. The predicted octanol–water partition coefficient (Wildman–Crippen LogP) is 2.94. The Bertz CT molecular complexity index is 952. The number of hydrogen-bond donors (Lipinski definition) is 1. The summed E-state index contributed by atoms with van der Waals surface area (Å²) in [6, 6.07) is 3.60. The minimum atomic E-state index is -0.729. The maximum absolute atomic E-state index is 12.9. The van der Waals surface area contributed by atoms with E-state index in [4.69, 9.17) is 4.74 Å². The Morgan fingerprint density at radius 2 is 1.83 bits per heavy atom. The van der Waals surface area contributed by atoms with Crippen LogP contribution in [-0.4, -0.2) is 41.8 Å². The van der Waals surface area contributed by atoms with E-state index in [0.717, 1.165) is 22.3 Å². The van der Waals surface area contributed by atoms with Gasteiger partial charge in [0.25, 0.3) is 5.56 Å². The summed E-state index contributed by atoms with van der Waals surface area (Å²) in [6.07, 6.45) is 3.12. The molecule has 0 aliphatic heterocycles. The standard InChI is InChI=1S/C17H21N3O4.C5H8/c1-10-6-12(8-21)7-11(2)14(10)20-9-18-15(19(3)4)13(16(20)22)17(23)24-5;1-4-5(2)3/h6-7,9,21H,8H2,1-5H3;4H,1-2H2,3H3. The molecule has 156 valence electrons. The zero-order valence-corrected chi connectivity index (χ0v) is 17.9. The number of ether oxygens (including phenoxy) is 1. The summed E-state index contributed by atoms with van der Waals surface area (Å²) in [6.45, 7) is 12.5. The van der Waals surface area contributed by atoms with Crippen LogP contribution in [-0.2, 0) is 11.3 Å². The van der Waals surface area contributed by atoms with Crippen molar-refractivity contribution in [2.45, 2.75) is 27.4 Å². The summed E-state index contributed by atoms with van der Waals surface area (Å²) in [7, 11) is 4.63. The third-order valence-corrected chi connectivity index (χ3v) is 4.09. The Kier molecular flexibility index (Phi) is 8.54. The highest BCUT2D eigenvalue weighted by Gasteiger charge is 2.23. The first-order valence-electron chi connectivity index (χ1n) is 8.95. The lowest BCUT2D eigenvalue weighted by molar-refractivity contribution is 0.0598. The van der Waals surface area contributed by atoms with Crippen LogP contribution in [0.4, 0.5) is 5.82 Å². The van der Waals surface area contributed by atoms with E-state index in [2.05, 4.69) is 18.1 Å². The van der Waals surface area contributed by atoms with Crippen LogP contribution in [0.15, 0.2) is 48.1 Å². The number of aromatic nitrogens is 2. The molecule has 0 fully saturated rings. The summed E-state index contributed by atoms with van der Waals surface area (Å²) in [5.74, 6) is -0.474. The fraction of sp³-hybridized carbons (Fsp3) is 0.318. The number of nitrogens with zero attached hydrogens (tertiary/aromatic N) is 3. The lowest BCUT2D eigenvalue weighted by Gasteiger charge is -2.18. The number of anilines is 1. The molecule has 7 nitrogen and oxygen atoms in total. The van der Waals surface area contributed by atoms with Crippen LogP contribution in [0, 0.1) is 13.8 Å². The van der Waals surface area contributed by atoms with E-state index < -0.39 is 11.5 Å². The molecule has 1 aromatic heterocycles. The van der Waals surface area contributed by atoms with Gasteiger partial charge in [0.05, 0.1) is 19.4 Å². The fourth-order valence-corrected chi connectivity index (χ4v) is 2.74. The predicted molar refractivity (Wildman–Crippen MR) is 116 cm³/mol. The summed E-state index contributed by atoms with van der Waals surface area (Å²) >= 11 is 0. The third-order valence-electron chi connectivity index (χ3n) is 4.09. The normalized spacial score (nSPS) is 9.90. The molecule has 0 unspecified atom stereocenters. The number of methoxy groups -OCH3 is 1. The average molecular weight is 399 g/mol. The SMILES string of the molecule is C=CC(=C)C.COC(=O)c1c(N(C)C)ncn(-c2c(C)cc(CO)cc2C)c1=O. The molecule has 1 aromatic carbocycles. The van der Waals surface area contributed by atoms with Crippen LogP contribution >= 0.6 is 0 Å². The molecule has 0 spiro atoms. The minimum Gasteiger partial charge on any atom is -0.465 e. The van der Waals surface area contributed by atoms with Gasteiger partial charge >= 0.3 is 5.97 Å². The fourth-order valence-electron chi connectivity index (χ4n) is 2.74. The average Bonchev–Trinajstić information content (AvgIpc) is 2.67. The first-order chi connectivity index (χ1) is 13.6. The van der Waals surface area contributed by atoms with E-state index in [1.807, 2.05) is 20.8 Å². The Hall–Kier alpha value is -3.19. The topological polar surface area (TPSA) is 84.7 Å². The Labute approximate surface area is 171 Å². The first-order valence-corrected chi connectivity index (χ1v) is 8.95. The molecule has 29 heavy (non-hydrogen) atoms. The van der Waals surface area contributed by atoms with E-state index >= 15 is 0 Å². The number of carbonyl (C=O) groups excluding carboxylic acids is 1. The summed E-state index contributed by atoms with van der Waals surface area (Å²) in [5.41, 5.74) is 3.41. The second kappa shape index (κ2) is 10.4. The van der Waals surface area contributed by atoms with Gasteiger partial charge in [-0.05, 0) is 37.5 Å². The summed E-state index contributed by atoms with van der Waals surface area (Å²) in [4.78, 5) is 30.8. The van der Waals surface area contributed by atoms with Crippen molar-refractivity contribution in [3.63, 3.8) is 0 Å². The molecule has 2 rings (SSSR count). The smallest absolute Gasteiger partial charge is 0.347 e. The lowest BCUT2D eigenvalue weighted by atomic mass is 10.0. The van der Waals surface area contributed by atoms with Crippen LogP contribution in [0.3, 0.4) is 0 Å². The monoisotopic (exact) mass is 399 g/mol. The van der Waals surface area contributed by atoms with Gasteiger partial charge in [-0.1, -0.05) is 36.9 Å². The highest BCUT2D eigenvalue weighted by atomic mass is 16.5. The van der Waals surface area contributed by atoms with Crippen LogP contribution in [0.5, 0.6) is 0 Å². The van der Waals surface area contributed by atoms with Crippen molar-refractivity contribution >= 4 is 11.8 Å². The molecular weight excluding hydrogens is 370 g/mol. The van der Waals surface area contributed by atoms with Crippen LogP contribution in [0.2, 0.25) is 0 Å². The van der Waals surface area contributed by atoms with Crippen molar-refractivity contribution in [2.24, 2.45) is 0 Å². The molecule has 1 heterocycles. The lowest BCUT2D eigenvalue weighted by Crippen LogP contribution is -2.31. The van der Waals surface area contributed by atoms with Gasteiger partial charge in [-0.3, -0.25) is 9.36 Å². The Morgan fingerprint density at radius 1 is 1.31 bits per heavy atom. The number of aryl methyl sites for hydroxylation is 2. The van der Waals surface area contributed by atoms with Gasteiger partial charge in [0.1, 0.15) is 12.1 Å². The molecule has 0 radical (unpaired) electrons. The van der Waals surface area contributed by atoms with Crippen molar-refractivity contribution in [3.05, 3.63) is 75.9 Å². The van der Waals surface area contributed by atoms with Crippen molar-refractivity contribution in [2.75, 3.05) is 26.1 Å². The van der Waals surface area contributed by atoms with Crippen LogP contribution < -0.4 is 10.5 Å². The quantitative estimate of drug-likeness (QED) is 0.615. The molecule has 0 amide bonds. The molecule has 2 aromatic rings. The van der Waals surface area contributed by atoms with Crippen molar-refractivity contribution in [3.8, 4) is 5.69 Å². The molecule has 0 saturated heterocycles. The van der Waals surface area contributed by atoms with E-state index in [1.165, 1.54) is 18.0 Å². The molecular formula is C22H29N3O4. The number of aliphatic hydroxyl groups excluding tert-OH is 1. The van der Waals surface area contributed by atoms with Gasteiger partial charge in [0.15, 0.2) is 5.56 Å². The summed E-state index contributed by atoms with van der Waals surface area (Å²) < 4.78 is 6.08. The highest BCUT2D eigenvalue weighted by molar-refractivity contribution is 5.94. The van der Waals surface area contributed by atoms with E-state index in [0.29, 0.717) is 5.69 Å². The van der Waals surface area contributed by atoms with E-state index in [-0.39, 0.29) is 18.0 Å². The molecule has 7 heteroatoms. The van der Waals surface area contributed by atoms with Gasteiger partial charge in [-0.2, -0.15) is 0 Å². The molecule has 0 atom stereocenters. The number of carbonyl (C=O) groups is 1. The number of allylic oxidation sites excluding steroid dienone is 2. The Morgan fingerprint density at radius 3 is 2.21 bits per heavy atom. The molecule has 0 saturated carbocycles. The Balaban J connectivity index is 0.000000749. The second-order valence-electron chi connectivity index (χ2n) is 6.79. The van der Waals surface area contributed by atoms with Gasteiger partial charge < -0.3 is 14.7 Å². The molecule has 0 aliphatic rings. The zero-order chi connectivity index (χ0) is 22.3. The van der Waals surface area contributed by atoms with Gasteiger partial charge in [-0.15, -0.1) is 0 Å². The number of benzene rings is 1. The minimum absolute atomic E-state index is 0.0813. The molecule has 1 N–H and O–H groups in total. The maximum atomic E-state index is 12.9. The van der Waals surface area contributed by atoms with Gasteiger partial charge in [0, 0.05) is 14.1 Å². The van der Waals surface area contributed by atoms with Crippen molar-refractivity contribution in [1.29, 1.82) is 0 Å². The van der Waals surface area contributed by atoms with E-state index in [1.54, 1.807) is 37.2 Å².